The van der Waals surface area contributed by atoms with Gasteiger partial charge in [0.2, 0.25) is 5.91 Å². The Bertz CT molecular complexity index is 971. The summed E-state index contributed by atoms with van der Waals surface area (Å²) < 4.78 is 5.79. The molecule has 0 bridgehead atoms. The number of carbonyl (C=O) groups is 1. The van der Waals surface area contributed by atoms with Crippen LogP contribution in [0.3, 0.4) is 0 Å². The van der Waals surface area contributed by atoms with Crippen LogP contribution in [0.25, 0.3) is 0 Å². The smallest absolute Gasteiger partial charge is 0.235 e. The largest absolute Gasteiger partial charge is 0.503 e. The van der Waals surface area contributed by atoms with E-state index >= 15 is 0 Å². The lowest BCUT2D eigenvalue weighted by Crippen LogP contribution is -2.51. The molecule has 1 aliphatic rings. The lowest BCUT2D eigenvalue weighted by molar-refractivity contribution is -0.119. The molecule has 0 radical (unpaired) electrons. The number of phenols is 1. The van der Waals surface area contributed by atoms with Crippen molar-refractivity contribution in [2.24, 2.45) is 5.92 Å². The van der Waals surface area contributed by atoms with Gasteiger partial charge in [-0.25, -0.2) is 0 Å². The first-order valence-electron chi connectivity index (χ1n) is 8.79. The van der Waals surface area contributed by atoms with Gasteiger partial charge in [-0.3, -0.25) is 4.79 Å². The van der Waals surface area contributed by atoms with Gasteiger partial charge in [0.1, 0.15) is 5.92 Å². The number of nitrogens with one attached hydrogen (secondary N) is 3. The molecule has 0 aliphatic carbocycles. The van der Waals surface area contributed by atoms with Crippen molar-refractivity contribution in [2.45, 2.75) is 13.0 Å². The highest BCUT2D eigenvalue weighted by atomic mass is 79.9. The van der Waals surface area contributed by atoms with Crippen molar-refractivity contribution in [1.82, 2.24) is 10.6 Å². The number of benzene rings is 2. The average molecular weight is 497 g/mol. The van der Waals surface area contributed by atoms with Crippen LogP contribution in [0.15, 0.2) is 53.1 Å². The van der Waals surface area contributed by atoms with E-state index < -0.39 is 12.0 Å². The first-order chi connectivity index (χ1) is 13.8. The maximum atomic E-state index is 13.1. The number of para-hydroxylation sites is 1. The highest BCUT2D eigenvalue weighted by molar-refractivity contribution is 9.10. The molecule has 1 fully saturated rings. The summed E-state index contributed by atoms with van der Waals surface area (Å²) in [5.41, 5.74) is 1.63. The second-order valence-corrected chi connectivity index (χ2v) is 7.89. The van der Waals surface area contributed by atoms with Crippen LogP contribution >= 0.6 is 39.7 Å². The van der Waals surface area contributed by atoms with Gasteiger partial charge in [0.15, 0.2) is 16.6 Å². The molecule has 152 valence electrons. The first kappa shape index (κ1) is 21.4. The van der Waals surface area contributed by atoms with Crippen LogP contribution in [-0.4, -0.2) is 22.7 Å². The Kier molecular flexibility index (Phi) is 6.66. The van der Waals surface area contributed by atoms with Gasteiger partial charge >= 0.3 is 0 Å². The third kappa shape index (κ3) is 4.49. The van der Waals surface area contributed by atoms with Gasteiger partial charge in [-0.15, -0.1) is 0 Å². The summed E-state index contributed by atoms with van der Waals surface area (Å²) in [6.07, 6.45) is 0. The first-order valence-corrected chi connectivity index (χ1v) is 10.4. The van der Waals surface area contributed by atoms with Crippen molar-refractivity contribution >= 4 is 56.5 Å². The molecule has 1 saturated heterocycles. The van der Waals surface area contributed by atoms with Crippen molar-refractivity contribution in [3.05, 3.63) is 63.7 Å². The summed E-state index contributed by atoms with van der Waals surface area (Å²) in [5, 5.41) is 19.8. The minimum Gasteiger partial charge on any atom is -0.503 e. The SMILES string of the molecule is C=C1NC(=S)NC(c2cc(OCC)c(O)c(Br)c2Cl)C1C(=O)Nc1ccccc1. The molecule has 0 spiro atoms. The van der Waals surface area contributed by atoms with E-state index in [4.69, 9.17) is 28.6 Å². The lowest BCUT2D eigenvalue weighted by Gasteiger charge is -2.36. The molecule has 4 N–H and O–H groups in total. The number of phenolic OH excluding ortho intramolecular Hbond substituents is 1. The van der Waals surface area contributed by atoms with E-state index in [0.717, 1.165) is 0 Å². The van der Waals surface area contributed by atoms with Gasteiger partial charge in [0.25, 0.3) is 0 Å². The number of ether oxygens (including phenoxy) is 1. The quantitative estimate of drug-likeness (QED) is 0.457. The fourth-order valence-electron chi connectivity index (χ4n) is 3.10. The molecule has 2 aromatic carbocycles. The van der Waals surface area contributed by atoms with Crippen molar-refractivity contribution in [3.8, 4) is 11.5 Å². The van der Waals surface area contributed by atoms with Crippen LogP contribution in [-0.2, 0) is 4.79 Å². The minimum absolute atomic E-state index is 0.110. The zero-order valence-electron chi connectivity index (χ0n) is 15.5. The summed E-state index contributed by atoms with van der Waals surface area (Å²) in [7, 11) is 0. The molecular weight excluding hydrogens is 478 g/mol. The molecule has 3 rings (SSSR count). The van der Waals surface area contributed by atoms with Crippen molar-refractivity contribution in [2.75, 3.05) is 11.9 Å². The van der Waals surface area contributed by atoms with Gasteiger partial charge in [0, 0.05) is 11.4 Å². The summed E-state index contributed by atoms with van der Waals surface area (Å²) >= 11 is 15.1. The van der Waals surface area contributed by atoms with Crippen LogP contribution in [0.4, 0.5) is 5.69 Å². The standard InChI is InChI=1S/C20H19BrClN3O3S/c1-3-28-13-9-12(16(22)15(21)18(13)26)17-14(10(2)23-20(29)25-17)19(27)24-11-7-5-4-6-8-11/h4-9,14,17,26H,2-3H2,1H3,(H,24,27)(H2,23,25,29). The Morgan fingerprint density at radius 2 is 2.10 bits per heavy atom. The number of hydrogen-bond donors (Lipinski definition) is 4. The van der Waals surface area contributed by atoms with Crippen LogP contribution in [0, 0.1) is 5.92 Å². The van der Waals surface area contributed by atoms with E-state index in [-0.39, 0.29) is 26.9 Å². The van der Waals surface area contributed by atoms with Crippen LogP contribution < -0.4 is 20.7 Å². The van der Waals surface area contributed by atoms with E-state index in [9.17, 15) is 9.90 Å². The fourth-order valence-corrected chi connectivity index (χ4v) is 4.04. The number of thiocarbonyl (C=S) groups is 1. The van der Waals surface area contributed by atoms with Crippen molar-refractivity contribution < 1.29 is 14.6 Å². The Balaban J connectivity index is 2.03. The maximum Gasteiger partial charge on any atom is 0.235 e. The molecule has 0 aromatic heterocycles. The minimum atomic E-state index is -0.731. The Morgan fingerprint density at radius 1 is 1.41 bits per heavy atom. The van der Waals surface area contributed by atoms with E-state index in [0.29, 0.717) is 28.7 Å². The Labute approximate surface area is 187 Å². The molecule has 2 unspecified atom stereocenters. The van der Waals surface area contributed by atoms with Crippen LogP contribution in [0.5, 0.6) is 11.5 Å². The van der Waals surface area contributed by atoms with Crippen LogP contribution in [0.2, 0.25) is 5.02 Å². The van der Waals surface area contributed by atoms with Gasteiger partial charge in [-0.05, 0) is 58.8 Å². The lowest BCUT2D eigenvalue weighted by atomic mass is 9.88. The second kappa shape index (κ2) is 9.02. The molecule has 1 heterocycles. The molecule has 2 aromatic rings. The topological polar surface area (TPSA) is 82.6 Å². The number of hydrogen-bond acceptors (Lipinski definition) is 4. The highest BCUT2D eigenvalue weighted by Gasteiger charge is 2.38. The molecule has 29 heavy (non-hydrogen) atoms. The zero-order valence-corrected chi connectivity index (χ0v) is 18.6. The molecule has 9 heteroatoms. The highest BCUT2D eigenvalue weighted by Crippen LogP contribution is 2.46. The van der Waals surface area contributed by atoms with E-state index in [1.165, 1.54) is 0 Å². The number of rotatable bonds is 5. The van der Waals surface area contributed by atoms with Gasteiger partial charge in [-0.2, -0.15) is 0 Å². The number of anilines is 1. The van der Waals surface area contributed by atoms with Gasteiger partial charge < -0.3 is 25.8 Å². The molecule has 1 aliphatic heterocycles. The third-order valence-electron chi connectivity index (χ3n) is 4.40. The maximum absolute atomic E-state index is 13.1. The number of amides is 1. The van der Waals surface area contributed by atoms with E-state index in [1.807, 2.05) is 18.2 Å². The average Bonchev–Trinajstić information content (AvgIpc) is 2.68. The van der Waals surface area contributed by atoms with Crippen molar-refractivity contribution in [1.29, 1.82) is 0 Å². The molecule has 0 saturated carbocycles. The summed E-state index contributed by atoms with van der Waals surface area (Å²) in [4.78, 5) is 13.1. The second-order valence-electron chi connectivity index (χ2n) is 6.31. The fraction of sp³-hybridized carbons (Fsp3) is 0.200. The predicted octanol–water partition coefficient (Wildman–Crippen LogP) is 4.49. The molecular formula is C20H19BrClN3O3S. The number of carbonyl (C=O) groups excluding carboxylic acids is 1. The van der Waals surface area contributed by atoms with Crippen molar-refractivity contribution in [3.63, 3.8) is 0 Å². The normalized spacial score (nSPS) is 18.6. The number of aromatic hydroxyl groups is 1. The predicted molar refractivity (Wildman–Crippen MR) is 121 cm³/mol. The van der Waals surface area contributed by atoms with Gasteiger partial charge in [-0.1, -0.05) is 36.4 Å². The third-order valence-corrected chi connectivity index (χ3v) is 6.03. The monoisotopic (exact) mass is 495 g/mol. The van der Waals surface area contributed by atoms with Gasteiger partial charge in [0.05, 0.1) is 22.1 Å². The molecule has 1 amide bonds. The van der Waals surface area contributed by atoms with E-state index in [1.54, 1.807) is 25.1 Å². The Hall–Kier alpha value is -2.29. The van der Waals surface area contributed by atoms with E-state index in [2.05, 4.69) is 38.5 Å². The molecule has 6 nitrogen and oxygen atoms in total. The van der Waals surface area contributed by atoms with Crippen LogP contribution in [0.1, 0.15) is 18.5 Å². The summed E-state index contributed by atoms with van der Waals surface area (Å²) in [6, 6.07) is 10.1. The zero-order chi connectivity index (χ0) is 21.1. The summed E-state index contributed by atoms with van der Waals surface area (Å²) in [6.45, 7) is 6.13. The summed E-state index contributed by atoms with van der Waals surface area (Å²) in [5.74, 6) is -0.878. The molecule has 2 atom stereocenters. The Morgan fingerprint density at radius 3 is 2.76 bits per heavy atom. The number of halogens is 2.